The van der Waals surface area contributed by atoms with Crippen molar-refractivity contribution in [2.75, 3.05) is 0 Å². The molecule has 1 rings (SSSR count). The smallest absolute Gasteiger partial charge is 0.405 e. The van der Waals surface area contributed by atoms with Crippen molar-refractivity contribution in [2.45, 2.75) is 19.2 Å². The summed E-state index contributed by atoms with van der Waals surface area (Å²) in [6.45, 7) is 5.62. The molecule has 1 aromatic carbocycles. The highest BCUT2D eigenvalue weighted by Crippen LogP contribution is 2.32. The minimum atomic E-state index is -4.67. The van der Waals surface area contributed by atoms with Gasteiger partial charge >= 0.3 is 6.36 Å². The number of hydrogen-bond donors (Lipinski definition) is 0. The van der Waals surface area contributed by atoms with Gasteiger partial charge in [-0.3, -0.25) is 0 Å². The Hall–Kier alpha value is -0.710. The maximum absolute atomic E-state index is 11.9. The van der Waals surface area contributed by atoms with Gasteiger partial charge in [-0.1, -0.05) is 13.0 Å². The zero-order valence-corrected chi connectivity index (χ0v) is 9.52. The number of rotatable bonds is 2. The van der Waals surface area contributed by atoms with Crippen molar-refractivity contribution in [3.05, 3.63) is 35.2 Å². The second-order valence-electron chi connectivity index (χ2n) is 3.14. The molecule has 0 saturated heterocycles. The van der Waals surface area contributed by atoms with Crippen LogP contribution in [0, 0.1) is 6.92 Å². The molecule has 1 nitrogen and oxygen atoms in total. The minimum Gasteiger partial charge on any atom is -0.405 e. The van der Waals surface area contributed by atoms with Crippen LogP contribution in [-0.4, -0.2) is 6.36 Å². The van der Waals surface area contributed by atoms with Crippen LogP contribution in [0.4, 0.5) is 13.2 Å². The Bertz CT molecular complexity index is 347. The van der Waals surface area contributed by atoms with Crippen molar-refractivity contribution in [1.29, 1.82) is 0 Å². The number of hydrogen-bond acceptors (Lipinski definition) is 1. The van der Waals surface area contributed by atoms with Gasteiger partial charge in [-0.05, 0) is 46.5 Å². The van der Waals surface area contributed by atoms with E-state index in [1.54, 1.807) is 12.1 Å². The van der Waals surface area contributed by atoms with Gasteiger partial charge in [-0.25, -0.2) is 0 Å². The fourth-order valence-electron chi connectivity index (χ4n) is 1.03. The third kappa shape index (κ3) is 3.74. The first-order chi connectivity index (χ1) is 6.79. The molecule has 1 unspecified atom stereocenters. The molecule has 83 valence electrons. The Morgan fingerprint density at radius 2 is 2.00 bits per heavy atom. The fraction of sp³-hybridized carbons (Fsp3) is 0.300. The van der Waals surface area contributed by atoms with E-state index >= 15 is 0 Å². The van der Waals surface area contributed by atoms with Crippen LogP contribution < -0.4 is 4.74 Å². The molecule has 0 amide bonds. The van der Waals surface area contributed by atoms with Gasteiger partial charge in [0, 0.05) is 0 Å². The van der Waals surface area contributed by atoms with Gasteiger partial charge in [0.25, 0.3) is 0 Å². The summed E-state index contributed by atoms with van der Waals surface area (Å²) in [6, 6.07) is 4.40. The van der Waals surface area contributed by atoms with Crippen LogP contribution in [0.3, 0.4) is 0 Å². The van der Waals surface area contributed by atoms with Gasteiger partial charge < -0.3 is 4.74 Å². The molecule has 0 aliphatic heterocycles. The second kappa shape index (κ2) is 4.43. The predicted octanol–water partition coefficient (Wildman–Crippen LogP) is 4.29. The molecule has 0 aliphatic rings. The standard InChI is InChI=1S/C10H9BrF3O/c1-6(2)7-3-4-9(8(11)5-7)15-10(12,13)14/h3-6H,1H2,2H3. The molecule has 0 fully saturated rings. The van der Waals surface area contributed by atoms with E-state index in [-0.39, 0.29) is 16.1 Å². The number of ether oxygens (including phenoxy) is 1. The fourth-order valence-corrected chi connectivity index (χ4v) is 1.51. The van der Waals surface area contributed by atoms with Crippen LogP contribution >= 0.6 is 15.9 Å². The molecule has 1 aromatic rings. The molecule has 0 heterocycles. The van der Waals surface area contributed by atoms with Crippen molar-refractivity contribution in [3.8, 4) is 5.75 Å². The van der Waals surface area contributed by atoms with E-state index in [1.807, 2.05) is 6.92 Å². The molecule has 15 heavy (non-hydrogen) atoms. The van der Waals surface area contributed by atoms with Crippen LogP contribution in [-0.2, 0) is 0 Å². The summed E-state index contributed by atoms with van der Waals surface area (Å²) in [5.41, 5.74) is 0.844. The maximum Gasteiger partial charge on any atom is 0.573 e. The quantitative estimate of drug-likeness (QED) is 0.786. The van der Waals surface area contributed by atoms with E-state index in [2.05, 4.69) is 27.6 Å². The Morgan fingerprint density at radius 3 is 2.40 bits per heavy atom. The van der Waals surface area contributed by atoms with Crippen LogP contribution in [0.5, 0.6) is 5.75 Å². The highest BCUT2D eigenvalue weighted by molar-refractivity contribution is 9.10. The van der Waals surface area contributed by atoms with Crippen LogP contribution in [0.15, 0.2) is 22.7 Å². The molecule has 0 bridgehead atoms. The lowest BCUT2D eigenvalue weighted by atomic mass is 10.0. The number of alkyl halides is 3. The molecular weight excluding hydrogens is 273 g/mol. The van der Waals surface area contributed by atoms with Gasteiger partial charge in [-0.2, -0.15) is 0 Å². The van der Waals surface area contributed by atoms with Crippen LogP contribution in [0.1, 0.15) is 18.4 Å². The highest BCUT2D eigenvalue weighted by atomic mass is 79.9. The van der Waals surface area contributed by atoms with E-state index < -0.39 is 6.36 Å². The summed E-state index contributed by atoms with van der Waals surface area (Å²) < 4.78 is 39.8. The third-order valence-corrected chi connectivity index (χ3v) is 2.37. The molecule has 1 radical (unpaired) electrons. The lowest BCUT2D eigenvalue weighted by Crippen LogP contribution is -2.17. The van der Waals surface area contributed by atoms with Gasteiger partial charge in [0.15, 0.2) is 0 Å². The molecule has 1 atom stereocenters. The summed E-state index contributed by atoms with van der Waals surface area (Å²) in [7, 11) is 0. The normalized spacial score (nSPS) is 11.9. The summed E-state index contributed by atoms with van der Waals surface area (Å²) >= 11 is 3.02. The Kier molecular flexibility index (Phi) is 3.65. The molecular formula is C10H9BrF3O. The van der Waals surface area contributed by atoms with Gasteiger partial charge in [0.05, 0.1) is 4.47 Å². The van der Waals surface area contributed by atoms with E-state index in [4.69, 9.17) is 0 Å². The topological polar surface area (TPSA) is 9.23 Å². The lowest BCUT2D eigenvalue weighted by molar-refractivity contribution is -0.274. The summed E-state index contributed by atoms with van der Waals surface area (Å²) in [6.07, 6.45) is -4.67. The van der Waals surface area contributed by atoms with Crippen LogP contribution in [0.25, 0.3) is 0 Å². The summed E-state index contributed by atoms with van der Waals surface area (Å²) in [5.74, 6) is -0.229. The average molecular weight is 282 g/mol. The first kappa shape index (κ1) is 12.4. The minimum absolute atomic E-state index is 0.0150. The largest absolute Gasteiger partial charge is 0.573 e. The zero-order valence-electron chi connectivity index (χ0n) is 7.94. The molecule has 0 aromatic heterocycles. The van der Waals surface area contributed by atoms with E-state index in [0.717, 1.165) is 5.56 Å². The van der Waals surface area contributed by atoms with Crippen molar-refractivity contribution < 1.29 is 17.9 Å². The Morgan fingerprint density at radius 1 is 1.40 bits per heavy atom. The van der Waals surface area contributed by atoms with E-state index in [1.165, 1.54) is 6.07 Å². The highest BCUT2D eigenvalue weighted by Gasteiger charge is 2.31. The molecule has 5 heteroatoms. The molecule has 0 N–H and O–H groups in total. The first-order valence-electron chi connectivity index (χ1n) is 4.18. The van der Waals surface area contributed by atoms with E-state index in [9.17, 15) is 13.2 Å². The average Bonchev–Trinajstić information content (AvgIpc) is 2.05. The SMILES string of the molecule is [CH2]C(C)c1ccc(OC(F)(F)F)c(Br)c1. The van der Waals surface area contributed by atoms with Gasteiger partial charge in [0.2, 0.25) is 0 Å². The predicted molar refractivity (Wildman–Crippen MR) is 54.6 cm³/mol. The second-order valence-corrected chi connectivity index (χ2v) is 3.99. The zero-order chi connectivity index (χ0) is 11.6. The Labute approximate surface area is 94.4 Å². The summed E-state index contributed by atoms with van der Waals surface area (Å²) in [5, 5.41) is 0. The maximum atomic E-state index is 11.9. The lowest BCUT2D eigenvalue weighted by Gasteiger charge is -2.12. The van der Waals surface area contributed by atoms with Crippen molar-refractivity contribution >= 4 is 15.9 Å². The van der Waals surface area contributed by atoms with Gasteiger partial charge in [0.1, 0.15) is 5.75 Å². The monoisotopic (exact) mass is 281 g/mol. The molecule has 0 saturated carbocycles. The third-order valence-electron chi connectivity index (χ3n) is 1.75. The number of benzene rings is 1. The van der Waals surface area contributed by atoms with Crippen molar-refractivity contribution in [3.63, 3.8) is 0 Å². The summed E-state index contributed by atoms with van der Waals surface area (Å²) in [4.78, 5) is 0. The Balaban J connectivity index is 2.94. The molecule has 0 aliphatic carbocycles. The van der Waals surface area contributed by atoms with Crippen molar-refractivity contribution in [1.82, 2.24) is 0 Å². The van der Waals surface area contributed by atoms with Gasteiger partial charge in [-0.15, -0.1) is 13.2 Å². The van der Waals surface area contributed by atoms with Crippen molar-refractivity contribution in [2.24, 2.45) is 0 Å². The first-order valence-corrected chi connectivity index (χ1v) is 4.97. The van der Waals surface area contributed by atoms with E-state index in [0.29, 0.717) is 0 Å². The molecule has 0 spiro atoms. The number of halogens is 4. The van der Waals surface area contributed by atoms with Crippen LogP contribution in [0.2, 0.25) is 0 Å².